The van der Waals surface area contributed by atoms with Crippen molar-refractivity contribution in [3.8, 4) is 0 Å². The molecule has 0 saturated carbocycles. The molecule has 8 heteroatoms. The van der Waals surface area contributed by atoms with Crippen LogP contribution in [0.25, 0.3) is 0 Å². The molecule has 1 saturated heterocycles. The number of nitrogens with one attached hydrogen (secondary N) is 1. The van der Waals surface area contributed by atoms with Crippen molar-refractivity contribution >= 4 is 23.2 Å². The Morgan fingerprint density at radius 1 is 1.06 bits per heavy atom. The minimum absolute atomic E-state index is 0.211. The first-order valence-corrected chi connectivity index (χ1v) is 11.7. The van der Waals surface area contributed by atoms with E-state index in [1.165, 1.54) is 17.8 Å². The number of amides is 1. The molecule has 0 unspecified atom stereocenters. The van der Waals surface area contributed by atoms with Crippen LogP contribution in [0.4, 0.5) is 10.1 Å². The van der Waals surface area contributed by atoms with Gasteiger partial charge in [0.05, 0.1) is 17.8 Å². The second kappa shape index (κ2) is 10.8. The van der Waals surface area contributed by atoms with Crippen molar-refractivity contribution in [1.82, 2.24) is 20.0 Å². The standard InChI is InChI=1S/C25H29ClFN5O/c1-19-23(24(26)32(29-19)18-20-8-10-21(27)11-9-20)25(33)28-12-5-13-30-14-16-31(17-15-30)22-6-3-2-4-7-22/h2-4,6-11H,5,12-18H2,1H3,(H,28,33). The minimum atomic E-state index is -0.292. The number of aryl methyl sites for hydroxylation is 1. The molecule has 0 bridgehead atoms. The summed E-state index contributed by atoms with van der Waals surface area (Å²) in [6.45, 7) is 7.73. The lowest BCUT2D eigenvalue weighted by Crippen LogP contribution is -2.47. The van der Waals surface area contributed by atoms with Crippen LogP contribution in [0.2, 0.25) is 5.15 Å². The molecule has 3 aromatic rings. The summed E-state index contributed by atoms with van der Waals surface area (Å²) >= 11 is 6.46. The number of anilines is 1. The van der Waals surface area contributed by atoms with Gasteiger partial charge in [-0.1, -0.05) is 41.9 Å². The molecular formula is C25H29ClFN5O. The summed E-state index contributed by atoms with van der Waals surface area (Å²) < 4.78 is 14.7. The van der Waals surface area contributed by atoms with Gasteiger partial charge in [-0.25, -0.2) is 9.07 Å². The van der Waals surface area contributed by atoms with Crippen LogP contribution in [-0.4, -0.2) is 59.9 Å². The molecule has 0 atom stereocenters. The van der Waals surface area contributed by atoms with E-state index in [1.54, 1.807) is 23.7 Å². The van der Waals surface area contributed by atoms with Crippen LogP contribution in [-0.2, 0) is 6.54 Å². The SMILES string of the molecule is Cc1nn(Cc2ccc(F)cc2)c(Cl)c1C(=O)NCCCN1CCN(c2ccccc2)CC1. The average Bonchev–Trinajstić information content (AvgIpc) is 3.11. The molecule has 2 heterocycles. The second-order valence-electron chi connectivity index (χ2n) is 8.31. The van der Waals surface area contributed by atoms with E-state index in [9.17, 15) is 9.18 Å². The van der Waals surface area contributed by atoms with Crippen LogP contribution in [0, 0.1) is 12.7 Å². The molecule has 2 aromatic carbocycles. The van der Waals surface area contributed by atoms with Crippen molar-refractivity contribution in [2.24, 2.45) is 0 Å². The summed E-state index contributed by atoms with van der Waals surface area (Å²) in [4.78, 5) is 17.6. The summed E-state index contributed by atoms with van der Waals surface area (Å²) in [6, 6.07) is 16.7. The quantitative estimate of drug-likeness (QED) is 0.507. The number of piperazine rings is 1. The fourth-order valence-electron chi connectivity index (χ4n) is 4.14. The summed E-state index contributed by atoms with van der Waals surface area (Å²) in [6.07, 6.45) is 0.872. The van der Waals surface area contributed by atoms with Crippen molar-refractivity contribution in [1.29, 1.82) is 0 Å². The van der Waals surface area contributed by atoms with Crippen molar-refractivity contribution in [3.63, 3.8) is 0 Å². The Balaban J connectivity index is 1.22. The topological polar surface area (TPSA) is 53.4 Å². The Morgan fingerprint density at radius 3 is 2.45 bits per heavy atom. The molecule has 1 aromatic heterocycles. The van der Waals surface area contributed by atoms with E-state index in [2.05, 4.69) is 44.5 Å². The normalized spacial score (nSPS) is 14.5. The minimum Gasteiger partial charge on any atom is -0.369 e. The Bertz CT molecular complexity index is 1060. The second-order valence-corrected chi connectivity index (χ2v) is 8.67. The molecule has 0 aliphatic carbocycles. The maximum Gasteiger partial charge on any atom is 0.256 e. The van der Waals surface area contributed by atoms with Crippen molar-refractivity contribution in [2.75, 3.05) is 44.2 Å². The van der Waals surface area contributed by atoms with Gasteiger partial charge in [0.2, 0.25) is 0 Å². The number of hydrogen-bond donors (Lipinski definition) is 1. The summed E-state index contributed by atoms with van der Waals surface area (Å²) in [5, 5.41) is 7.67. The van der Waals surface area contributed by atoms with Gasteiger partial charge < -0.3 is 10.2 Å². The third-order valence-electron chi connectivity index (χ3n) is 5.97. The fraction of sp³-hybridized carbons (Fsp3) is 0.360. The van der Waals surface area contributed by atoms with Gasteiger partial charge in [-0.3, -0.25) is 9.69 Å². The smallest absolute Gasteiger partial charge is 0.256 e. The van der Waals surface area contributed by atoms with Gasteiger partial charge in [-0.15, -0.1) is 0 Å². The molecule has 174 valence electrons. The molecule has 1 amide bonds. The number of halogens is 2. The van der Waals surface area contributed by atoms with Gasteiger partial charge in [0, 0.05) is 38.4 Å². The molecule has 0 spiro atoms. The fourth-order valence-corrected chi connectivity index (χ4v) is 4.46. The first kappa shape index (κ1) is 23.3. The highest BCUT2D eigenvalue weighted by atomic mass is 35.5. The van der Waals surface area contributed by atoms with E-state index >= 15 is 0 Å². The monoisotopic (exact) mass is 469 g/mol. The van der Waals surface area contributed by atoms with Gasteiger partial charge in [-0.2, -0.15) is 5.10 Å². The number of para-hydroxylation sites is 1. The lowest BCUT2D eigenvalue weighted by molar-refractivity contribution is 0.0951. The molecule has 6 nitrogen and oxygen atoms in total. The van der Waals surface area contributed by atoms with Gasteiger partial charge in [0.1, 0.15) is 11.0 Å². The molecule has 1 aliphatic rings. The van der Waals surface area contributed by atoms with Crippen molar-refractivity contribution in [3.05, 3.63) is 82.4 Å². The Kier molecular flexibility index (Phi) is 7.62. The maximum atomic E-state index is 13.1. The van der Waals surface area contributed by atoms with Crippen LogP contribution >= 0.6 is 11.6 Å². The van der Waals surface area contributed by atoms with Gasteiger partial charge in [-0.05, 0) is 49.7 Å². The van der Waals surface area contributed by atoms with Crippen LogP contribution < -0.4 is 10.2 Å². The third-order valence-corrected chi connectivity index (χ3v) is 6.35. The number of nitrogens with zero attached hydrogens (tertiary/aromatic N) is 4. The van der Waals surface area contributed by atoms with E-state index in [1.807, 2.05) is 6.07 Å². The lowest BCUT2D eigenvalue weighted by Gasteiger charge is -2.36. The van der Waals surface area contributed by atoms with Crippen LogP contribution in [0.1, 0.15) is 28.0 Å². The van der Waals surface area contributed by atoms with E-state index in [4.69, 9.17) is 11.6 Å². The first-order chi connectivity index (χ1) is 16.0. The summed E-state index contributed by atoms with van der Waals surface area (Å²) in [5.41, 5.74) is 3.11. The largest absolute Gasteiger partial charge is 0.369 e. The third kappa shape index (κ3) is 5.92. The van der Waals surface area contributed by atoms with Gasteiger partial charge in [0.25, 0.3) is 5.91 Å². The van der Waals surface area contributed by atoms with Crippen molar-refractivity contribution in [2.45, 2.75) is 19.9 Å². The Hall–Kier alpha value is -2.90. The maximum absolute atomic E-state index is 13.1. The molecule has 33 heavy (non-hydrogen) atoms. The number of carbonyl (C=O) groups is 1. The highest BCUT2D eigenvalue weighted by Crippen LogP contribution is 2.21. The highest BCUT2D eigenvalue weighted by Gasteiger charge is 2.21. The molecular weight excluding hydrogens is 441 g/mol. The van der Waals surface area contributed by atoms with Crippen LogP contribution in [0.3, 0.4) is 0 Å². The summed E-state index contributed by atoms with van der Waals surface area (Å²) in [7, 11) is 0. The Labute approximate surface area is 198 Å². The number of hydrogen-bond acceptors (Lipinski definition) is 4. The lowest BCUT2D eigenvalue weighted by atomic mass is 10.2. The first-order valence-electron chi connectivity index (χ1n) is 11.3. The Morgan fingerprint density at radius 2 is 1.76 bits per heavy atom. The molecule has 1 N–H and O–H groups in total. The number of benzene rings is 2. The molecule has 0 radical (unpaired) electrons. The predicted octanol–water partition coefficient (Wildman–Crippen LogP) is 3.97. The zero-order valence-electron chi connectivity index (χ0n) is 18.8. The van der Waals surface area contributed by atoms with E-state index < -0.39 is 0 Å². The van der Waals surface area contributed by atoms with Crippen LogP contribution in [0.15, 0.2) is 54.6 Å². The average molecular weight is 470 g/mol. The number of rotatable bonds is 8. The molecule has 4 rings (SSSR count). The zero-order valence-corrected chi connectivity index (χ0v) is 19.6. The number of carbonyl (C=O) groups excluding carboxylic acids is 1. The van der Waals surface area contributed by atoms with E-state index in [-0.39, 0.29) is 11.7 Å². The van der Waals surface area contributed by atoms with E-state index in [0.717, 1.165) is 44.7 Å². The van der Waals surface area contributed by atoms with E-state index in [0.29, 0.717) is 29.5 Å². The predicted molar refractivity (Wildman–Crippen MR) is 130 cm³/mol. The molecule has 1 fully saturated rings. The summed E-state index contributed by atoms with van der Waals surface area (Å²) in [5.74, 6) is -0.503. The number of aromatic nitrogens is 2. The van der Waals surface area contributed by atoms with Gasteiger partial charge >= 0.3 is 0 Å². The van der Waals surface area contributed by atoms with Crippen LogP contribution in [0.5, 0.6) is 0 Å². The molecule has 1 aliphatic heterocycles. The highest BCUT2D eigenvalue weighted by molar-refractivity contribution is 6.33. The zero-order chi connectivity index (χ0) is 23.2. The van der Waals surface area contributed by atoms with Crippen molar-refractivity contribution < 1.29 is 9.18 Å². The van der Waals surface area contributed by atoms with Gasteiger partial charge in [0.15, 0.2) is 0 Å².